The molecule has 0 fully saturated rings. The third-order valence-electron chi connectivity index (χ3n) is 2.33. The van der Waals surface area contributed by atoms with Crippen LogP contribution in [0.4, 0.5) is 5.82 Å². The minimum Gasteiger partial charge on any atom is -0.478 e. The van der Waals surface area contributed by atoms with Crippen LogP contribution in [0.5, 0.6) is 0 Å². The smallest absolute Gasteiger partial charge is 0.337 e. The Balaban J connectivity index is 2.53. The first-order valence-corrected chi connectivity index (χ1v) is 7.56. The van der Waals surface area contributed by atoms with Crippen molar-refractivity contribution in [1.29, 1.82) is 0 Å². The number of hydrogen-bond donors (Lipinski definition) is 2. The molecule has 2 aromatic rings. The predicted octanol–water partition coefficient (Wildman–Crippen LogP) is 2.28. The van der Waals surface area contributed by atoms with Crippen molar-refractivity contribution in [2.24, 2.45) is 0 Å². The molecule has 0 aliphatic heterocycles. The highest BCUT2D eigenvalue weighted by Gasteiger charge is 2.24. The summed E-state index contributed by atoms with van der Waals surface area (Å²) in [6.07, 6.45) is 3.85. The molecule has 0 saturated heterocycles. The topological polar surface area (TPSA) is 109 Å². The Morgan fingerprint density at radius 1 is 1.24 bits per heavy atom. The fourth-order valence-electron chi connectivity index (χ4n) is 1.46. The van der Waals surface area contributed by atoms with Crippen molar-refractivity contribution in [3.63, 3.8) is 0 Å². The first kappa shape index (κ1) is 15.5. The molecule has 0 aliphatic rings. The lowest BCUT2D eigenvalue weighted by Crippen LogP contribution is -2.15. The molecule has 0 spiro atoms. The highest BCUT2D eigenvalue weighted by Crippen LogP contribution is 2.30. The molecule has 0 unspecified atom stereocenters. The predicted molar refractivity (Wildman–Crippen MR) is 76.3 cm³/mol. The molecule has 10 heteroatoms. The average molecular weight is 348 g/mol. The minimum atomic E-state index is -4.15. The molecule has 1 heterocycles. The van der Waals surface area contributed by atoms with E-state index in [1.807, 2.05) is 0 Å². The van der Waals surface area contributed by atoms with Crippen LogP contribution in [-0.2, 0) is 10.0 Å². The van der Waals surface area contributed by atoms with Gasteiger partial charge in [-0.1, -0.05) is 23.2 Å². The summed E-state index contributed by atoms with van der Waals surface area (Å²) in [7, 11) is -4.15. The largest absolute Gasteiger partial charge is 0.478 e. The molecule has 0 bridgehead atoms. The zero-order chi connectivity index (χ0) is 15.6. The Labute approximate surface area is 129 Å². The lowest BCUT2D eigenvalue weighted by atomic mass is 10.2. The van der Waals surface area contributed by atoms with Gasteiger partial charge in [-0.05, 0) is 12.1 Å². The molecule has 0 aliphatic carbocycles. The quantitative estimate of drug-likeness (QED) is 0.877. The summed E-state index contributed by atoms with van der Waals surface area (Å²) in [4.78, 5) is 18.0. The standard InChI is InChI=1S/C11H7Cl2N3O4S/c12-6-3-7(11(17)18)10(13)8(4-6)21(19,20)16-9-5-14-1-2-15-9/h1-5H,(H,15,16)(H,17,18). The van der Waals surface area contributed by atoms with Gasteiger partial charge >= 0.3 is 5.97 Å². The van der Waals surface area contributed by atoms with Crippen molar-refractivity contribution in [3.05, 3.63) is 46.3 Å². The Morgan fingerprint density at radius 3 is 2.52 bits per heavy atom. The summed E-state index contributed by atoms with van der Waals surface area (Å²) in [5.41, 5.74) is -0.413. The van der Waals surface area contributed by atoms with E-state index in [4.69, 9.17) is 28.3 Å². The number of sulfonamides is 1. The minimum absolute atomic E-state index is 0.0367. The SMILES string of the molecule is O=C(O)c1cc(Cl)cc(S(=O)(=O)Nc2cnccn2)c1Cl. The molecular weight excluding hydrogens is 341 g/mol. The van der Waals surface area contributed by atoms with Crippen LogP contribution in [0.3, 0.4) is 0 Å². The van der Waals surface area contributed by atoms with E-state index in [0.717, 1.165) is 12.1 Å². The zero-order valence-corrected chi connectivity index (χ0v) is 12.4. The van der Waals surface area contributed by atoms with Gasteiger partial charge < -0.3 is 5.11 Å². The highest BCUT2D eigenvalue weighted by molar-refractivity contribution is 7.92. The summed E-state index contributed by atoms with van der Waals surface area (Å²) in [6, 6.07) is 2.11. The molecule has 1 aromatic carbocycles. The van der Waals surface area contributed by atoms with E-state index in [0.29, 0.717) is 0 Å². The van der Waals surface area contributed by atoms with Crippen LogP contribution < -0.4 is 4.72 Å². The number of aromatic nitrogens is 2. The van der Waals surface area contributed by atoms with Crippen molar-refractivity contribution >= 4 is 45.0 Å². The van der Waals surface area contributed by atoms with Gasteiger partial charge in [-0.2, -0.15) is 0 Å². The van der Waals surface area contributed by atoms with Crippen LogP contribution >= 0.6 is 23.2 Å². The number of nitrogens with one attached hydrogen (secondary N) is 1. The number of carboxylic acid groups (broad SMARTS) is 1. The Morgan fingerprint density at radius 2 is 1.95 bits per heavy atom. The molecular formula is C11H7Cl2N3O4S. The van der Waals surface area contributed by atoms with Gasteiger partial charge in [0.25, 0.3) is 10.0 Å². The van der Waals surface area contributed by atoms with Gasteiger partial charge in [-0.25, -0.2) is 18.2 Å². The van der Waals surface area contributed by atoms with E-state index >= 15 is 0 Å². The van der Waals surface area contributed by atoms with Crippen molar-refractivity contribution < 1.29 is 18.3 Å². The third-order valence-corrected chi connectivity index (χ3v) is 4.44. The number of anilines is 1. The molecule has 0 radical (unpaired) electrons. The fourth-order valence-corrected chi connectivity index (χ4v) is 3.36. The van der Waals surface area contributed by atoms with E-state index in [1.54, 1.807) is 0 Å². The van der Waals surface area contributed by atoms with Gasteiger partial charge in [0, 0.05) is 17.4 Å². The van der Waals surface area contributed by atoms with Gasteiger partial charge in [0.15, 0.2) is 5.82 Å². The average Bonchev–Trinajstić information content (AvgIpc) is 2.41. The monoisotopic (exact) mass is 347 g/mol. The summed E-state index contributed by atoms with van der Waals surface area (Å²) in [5.74, 6) is -1.43. The van der Waals surface area contributed by atoms with Gasteiger partial charge in [0.1, 0.15) is 4.90 Å². The molecule has 21 heavy (non-hydrogen) atoms. The van der Waals surface area contributed by atoms with Crippen LogP contribution in [0.2, 0.25) is 10.0 Å². The number of aromatic carboxylic acids is 1. The Hall–Kier alpha value is -1.90. The third kappa shape index (κ3) is 3.41. The molecule has 7 nitrogen and oxygen atoms in total. The number of carboxylic acids is 1. The van der Waals surface area contributed by atoms with Crippen LogP contribution in [0.1, 0.15) is 10.4 Å². The number of rotatable bonds is 4. The number of halogens is 2. The summed E-state index contributed by atoms with van der Waals surface area (Å²) in [6.45, 7) is 0. The van der Waals surface area contributed by atoms with E-state index < -0.39 is 31.5 Å². The maximum absolute atomic E-state index is 12.2. The van der Waals surface area contributed by atoms with Crippen LogP contribution in [0.15, 0.2) is 35.6 Å². The maximum atomic E-state index is 12.2. The lowest BCUT2D eigenvalue weighted by Gasteiger charge is -2.10. The van der Waals surface area contributed by atoms with E-state index in [2.05, 4.69) is 14.7 Å². The second kappa shape index (κ2) is 5.84. The first-order chi connectivity index (χ1) is 9.81. The Bertz CT molecular complexity index is 797. The van der Waals surface area contributed by atoms with Crippen LogP contribution in [0, 0.1) is 0 Å². The van der Waals surface area contributed by atoms with Crippen molar-refractivity contribution in [3.8, 4) is 0 Å². The number of carbonyl (C=O) groups is 1. The van der Waals surface area contributed by atoms with Crippen molar-refractivity contribution in [2.45, 2.75) is 4.90 Å². The number of nitrogens with zero attached hydrogens (tertiary/aromatic N) is 2. The second-order valence-electron chi connectivity index (χ2n) is 3.77. The number of hydrogen-bond acceptors (Lipinski definition) is 5. The molecule has 1 aromatic heterocycles. The summed E-state index contributed by atoms with van der Waals surface area (Å²) in [5, 5.41) is 8.48. The molecule has 0 atom stereocenters. The lowest BCUT2D eigenvalue weighted by molar-refractivity contribution is 0.0697. The molecule has 0 amide bonds. The van der Waals surface area contributed by atoms with Gasteiger partial charge in [0.05, 0.1) is 16.8 Å². The van der Waals surface area contributed by atoms with E-state index in [-0.39, 0.29) is 10.8 Å². The summed E-state index contributed by atoms with van der Waals surface area (Å²) < 4.78 is 26.6. The zero-order valence-electron chi connectivity index (χ0n) is 10.1. The van der Waals surface area contributed by atoms with Gasteiger partial charge in [0.2, 0.25) is 0 Å². The van der Waals surface area contributed by atoms with Crippen molar-refractivity contribution in [1.82, 2.24) is 9.97 Å². The highest BCUT2D eigenvalue weighted by atomic mass is 35.5. The number of benzene rings is 1. The molecule has 0 saturated carbocycles. The molecule has 2 N–H and O–H groups in total. The Kier molecular flexibility index (Phi) is 4.31. The van der Waals surface area contributed by atoms with Gasteiger partial charge in [-0.3, -0.25) is 9.71 Å². The van der Waals surface area contributed by atoms with Gasteiger partial charge in [-0.15, -0.1) is 0 Å². The molecule has 110 valence electrons. The van der Waals surface area contributed by atoms with E-state index in [1.165, 1.54) is 18.6 Å². The molecule has 2 rings (SSSR count). The maximum Gasteiger partial charge on any atom is 0.337 e. The fraction of sp³-hybridized carbons (Fsp3) is 0. The van der Waals surface area contributed by atoms with E-state index in [9.17, 15) is 13.2 Å². The second-order valence-corrected chi connectivity index (χ2v) is 6.23. The van der Waals surface area contributed by atoms with Crippen LogP contribution in [-0.4, -0.2) is 29.5 Å². The first-order valence-electron chi connectivity index (χ1n) is 5.32. The van der Waals surface area contributed by atoms with Crippen molar-refractivity contribution in [2.75, 3.05) is 4.72 Å². The normalized spacial score (nSPS) is 11.1. The van der Waals surface area contributed by atoms with Crippen LogP contribution in [0.25, 0.3) is 0 Å². The summed E-state index contributed by atoms with van der Waals surface area (Å²) >= 11 is 11.6.